The molecule has 3 rings (SSSR count). The normalized spacial score (nSPS) is 22.7. The summed E-state index contributed by atoms with van der Waals surface area (Å²) in [6.45, 7) is 4.66. The first kappa shape index (κ1) is 12.4. The number of hydrogen-bond acceptors (Lipinski definition) is 2. The van der Waals surface area contributed by atoms with Gasteiger partial charge in [0.2, 0.25) is 0 Å². The average molecular weight is 326 g/mol. The zero-order chi connectivity index (χ0) is 12.9. The van der Waals surface area contributed by atoms with Gasteiger partial charge in [0, 0.05) is 16.7 Å². The molecule has 1 unspecified atom stereocenters. The second-order valence-corrected chi connectivity index (χ2v) is 7.19. The molecule has 18 heavy (non-hydrogen) atoms. The third-order valence-corrected chi connectivity index (χ3v) is 4.56. The van der Waals surface area contributed by atoms with E-state index in [1.165, 1.54) is 19.3 Å². The Morgan fingerprint density at radius 3 is 3.00 bits per heavy atom. The van der Waals surface area contributed by atoms with Crippen molar-refractivity contribution in [3.63, 3.8) is 0 Å². The minimum Gasteiger partial charge on any atom is -0.329 e. The molecule has 0 bridgehead atoms. The van der Waals surface area contributed by atoms with Crippen molar-refractivity contribution >= 4 is 39.3 Å². The predicted octanol–water partition coefficient (Wildman–Crippen LogP) is 4.61. The first-order chi connectivity index (χ1) is 8.46. The van der Waals surface area contributed by atoms with E-state index in [0.29, 0.717) is 11.5 Å². The first-order valence-corrected chi connectivity index (χ1v) is 7.42. The molecule has 0 aromatic carbocycles. The fourth-order valence-corrected chi connectivity index (χ4v) is 3.62. The third kappa shape index (κ3) is 2.03. The van der Waals surface area contributed by atoms with Crippen molar-refractivity contribution in [2.24, 2.45) is 5.41 Å². The molecule has 1 N–H and O–H groups in total. The molecule has 0 amide bonds. The van der Waals surface area contributed by atoms with Crippen LogP contribution in [0.3, 0.4) is 0 Å². The largest absolute Gasteiger partial charge is 0.329 e. The molecular formula is C13H16BrN3S. The van der Waals surface area contributed by atoms with Gasteiger partial charge >= 0.3 is 0 Å². The number of nitrogens with zero attached hydrogens (tertiary/aromatic N) is 2. The Balaban J connectivity index is 2.12. The molecule has 96 valence electrons. The molecule has 1 aliphatic carbocycles. The number of aromatic nitrogens is 3. The summed E-state index contributed by atoms with van der Waals surface area (Å²) in [6.07, 6.45) is 5.45. The summed E-state index contributed by atoms with van der Waals surface area (Å²) in [5.41, 5.74) is 2.41. The van der Waals surface area contributed by atoms with Crippen LogP contribution < -0.4 is 0 Å². The molecule has 5 heteroatoms. The lowest BCUT2D eigenvalue weighted by Crippen LogP contribution is -2.09. The second-order valence-electron chi connectivity index (χ2n) is 5.89. The summed E-state index contributed by atoms with van der Waals surface area (Å²) in [5.74, 6) is 0. The summed E-state index contributed by atoms with van der Waals surface area (Å²) < 4.78 is 3.97. The lowest BCUT2D eigenvalue weighted by molar-refractivity contribution is 0.359. The number of aromatic amines is 1. The van der Waals surface area contributed by atoms with Crippen molar-refractivity contribution in [3.8, 4) is 0 Å². The quantitative estimate of drug-likeness (QED) is 0.777. The molecule has 1 saturated carbocycles. The molecule has 0 aliphatic heterocycles. The van der Waals surface area contributed by atoms with Crippen molar-refractivity contribution < 1.29 is 0 Å². The van der Waals surface area contributed by atoms with Gasteiger partial charge < -0.3 is 4.98 Å². The topological polar surface area (TPSA) is 33.6 Å². The zero-order valence-electron chi connectivity index (χ0n) is 10.5. The lowest BCUT2D eigenvalue weighted by Gasteiger charge is -2.18. The van der Waals surface area contributed by atoms with Gasteiger partial charge in [0.05, 0.1) is 5.52 Å². The molecule has 1 atom stereocenters. The number of pyridine rings is 1. The Kier molecular flexibility index (Phi) is 2.86. The van der Waals surface area contributed by atoms with Gasteiger partial charge in [-0.05, 0) is 58.9 Å². The van der Waals surface area contributed by atoms with Gasteiger partial charge in [0.1, 0.15) is 0 Å². The second kappa shape index (κ2) is 4.17. The molecule has 0 saturated heterocycles. The van der Waals surface area contributed by atoms with Crippen LogP contribution in [0, 0.1) is 10.2 Å². The van der Waals surface area contributed by atoms with Crippen LogP contribution in [0.5, 0.6) is 0 Å². The van der Waals surface area contributed by atoms with Crippen LogP contribution in [0.25, 0.3) is 11.2 Å². The Hall–Kier alpha value is -0.680. The molecule has 0 radical (unpaired) electrons. The van der Waals surface area contributed by atoms with Crippen molar-refractivity contribution in [1.29, 1.82) is 0 Å². The van der Waals surface area contributed by atoms with E-state index in [9.17, 15) is 0 Å². The smallest absolute Gasteiger partial charge is 0.179 e. The number of imidazole rings is 1. The Morgan fingerprint density at radius 2 is 2.33 bits per heavy atom. The summed E-state index contributed by atoms with van der Waals surface area (Å²) in [7, 11) is 0. The van der Waals surface area contributed by atoms with Gasteiger partial charge in [0.15, 0.2) is 10.4 Å². The van der Waals surface area contributed by atoms with Gasteiger partial charge in [0.25, 0.3) is 0 Å². The van der Waals surface area contributed by atoms with Crippen LogP contribution >= 0.6 is 28.1 Å². The highest BCUT2D eigenvalue weighted by Gasteiger charge is 2.33. The maximum atomic E-state index is 5.46. The van der Waals surface area contributed by atoms with Crippen LogP contribution in [0.15, 0.2) is 16.7 Å². The third-order valence-electron chi connectivity index (χ3n) is 3.83. The van der Waals surface area contributed by atoms with E-state index in [4.69, 9.17) is 12.2 Å². The number of H-pyrrole nitrogens is 1. The fraction of sp³-hybridized carbons (Fsp3) is 0.538. The number of rotatable bonds is 1. The predicted molar refractivity (Wildman–Crippen MR) is 79.3 cm³/mol. The van der Waals surface area contributed by atoms with Gasteiger partial charge in [-0.15, -0.1) is 0 Å². The van der Waals surface area contributed by atoms with E-state index >= 15 is 0 Å². The van der Waals surface area contributed by atoms with E-state index in [-0.39, 0.29) is 0 Å². The van der Waals surface area contributed by atoms with Crippen molar-refractivity contribution in [2.75, 3.05) is 0 Å². The first-order valence-electron chi connectivity index (χ1n) is 6.22. The number of nitrogens with one attached hydrogen (secondary N) is 1. The SMILES string of the molecule is CC1(C)CCC(n2c(=S)[nH]c3cc(Br)cnc32)C1. The van der Waals surface area contributed by atoms with Gasteiger partial charge in [-0.3, -0.25) is 4.57 Å². The molecule has 2 aromatic heterocycles. The van der Waals surface area contributed by atoms with Crippen molar-refractivity contribution in [3.05, 3.63) is 21.5 Å². The standard InChI is InChI=1S/C13H16BrN3S/c1-13(2)4-3-9(6-13)17-11-10(16-12(17)18)5-8(14)7-15-11/h5,7,9H,3-4,6H2,1-2H3,(H,16,18). The average Bonchev–Trinajstić information content (AvgIpc) is 2.77. The monoisotopic (exact) mass is 325 g/mol. The van der Waals surface area contributed by atoms with Crippen molar-refractivity contribution in [2.45, 2.75) is 39.2 Å². The Bertz CT molecular complexity index is 656. The van der Waals surface area contributed by atoms with Crippen LogP contribution in [-0.4, -0.2) is 14.5 Å². The van der Waals surface area contributed by atoms with Crippen molar-refractivity contribution in [1.82, 2.24) is 14.5 Å². The molecule has 3 nitrogen and oxygen atoms in total. The molecule has 1 aliphatic rings. The van der Waals surface area contributed by atoms with Gasteiger partial charge in [-0.2, -0.15) is 0 Å². The highest BCUT2D eigenvalue weighted by atomic mass is 79.9. The van der Waals surface area contributed by atoms with E-state index in [1.807, 2.05) is 12.3 Å². The molecule has 0 spiro atoms. The van der Waals surface area contributed by atoms with Crippen LogP contribution in [0.2, 0.25) is 0 Å². The highest BCUT2D eigenvalue weighted by molar-refractivity contribution is 9.10. The summed E-state index contributed by atoms with van der Waals surface area (Å²) in [6, 6.07) is 2.52. The fourth-order valence-electron chi connectivity index (χ4n) is 2.95. The molecular weight excluding hydrogens is 310 g/mol. The summed E-state index contributed by atoms with van der Waals surface area (Å²) >= 11 is 8.90. The number of hydrogen-bond donors (Lipinski definition) is 1. The molecule has 2 aromatic rings. The van der Waals surface area contributed by atoms with Crippen LogP contribution in [-0.2, 0) is 0 Å². The van der Waals surface area contributed by atoms with Crippen LogP contribution in [0.1, 0.15) is 39.2 Å². The summed E-state index contributed by atoms with van der Waals surface area (Å²) in [5, 5.41) is 0. The maximum Gasteiger partial charge on any atom is 0.179 e. The van der Waals surface area contributed by atoms with Gasteiger partial charge in [-0.25, -0.2) is 4.98 Å². The minimum absolute atomic E-state index is 0.415. The molecule has 2 heterocycles. The maximum absolute atomic E-state index is 5.46. The zero-order valence-corrected chi connectivity index (χ0v) is 12.9. The Morgan fingerprint density at radius 1 is 1.56 bits per heavy atom. The molecule has 1 fully saturated rings. The number of halogens is 1. The van der Waals surface area contributed by atoms with Gasteiger partial charge in [-0.1, -0.05) is 13.8 Å². The Labute approximate surface area is 120 Å². The minimum atomic E-state index is 0.415. The van der Waals surface area contributed by atoms with E-state index in [1.54, 1.807) is 0 Å². The van der Waals surface area contributed by atoms with E-state index in [0.717, 1.165) is 20.4 Å². The lowest BCUT2D eigenvalue weighted by atomic mass is 9.92. The number of fused-ring (bicyclic) bond motifs is 1. The highest BCUT2D eigenvalue weighted by Crippen LogP contribution is 2.44. The van der Waals surface area contributed by atoms with E-state index < -0.39 is 0 Å². The van der Waals surface area contributed by atoms with E-state index in [2.05, 4.69) is 44.3 Å². The van der Waals surface area contributed by atoms with Crippen LogP contribution in [0.4, 0.5) is 0 Å². The summed E-state index contributed by atoms with van der Waals surface area (Å²) in [4.78, 5) is 7.77.